The molecule has 0 aromatic heterocycles. The average Bonchev–Trinajstić information content (AvgIpc) is 1.98. The molecule has 0 aliphatic heterocycles. The molecule has 0 atom stereocenters. The molecule has 1 rings (SSSR count). The van der Waals surface area contributed by atoms with Crippen molar-refractivity contribution in [3.63, 3.8) is 0 Å². The van der Waals surface area contributed by atoms with Gasteiger partial charge in [-0.05, 0) is 26.0 Å². The minimum Gasteiger partial charge on any atom is -0.494 e. The Hall–Kier alpha value is -0.915. The second kappa shape index (κ2) is 3.47. The molecule has 0 saturated carbocycles. The van der Waals surface area contributed by atoms with Gasteiger partial charge in [0.05, 0.1) is 6.61 Å². The van der Waals surface area contributed by atoms with Crippen LogP contribution in [0.15, 0.2) is 18.2 Å². The highest BCUT2D eigenvalue weighted by Gasteiger charge is 1.94. The molecule has 2 heteroatoms. The predicted octanol–water partition coefficient (Wildman–Crippen LogP) is 0.652. The Bertz CT molecular complexity index is 245. The molecule has 0 N–H and O–H groups in total. The number of rotatable bonds is 2. The summed E-state index contributed by atoms with van der Waals surface area (Å²) in [4.78, 5) is 0. The van der Waals surface area contributed by atoms with Crippen molar-refractivity contribution in [2.75, 3.05) is 6.61 Å². The van der Waals surface area contributed by atoms with Crippen LogP contribution in [0.25, 0.3) is 0 Å². The highest BCUT2D eigenvalue weighted by atomic mass is 16.5. The first-order valence-electron chi connectivity index (χ1n) is 3.94. The lowest BCUT2D eigenvalue weighted by atomic mass is 9.91. The summed E-state index contributed by atoms with van der Waals surface area (Å²) in [6.45, 7) is 4.83. The Morgan fingerprint density at radius 2 is 2.18 bits per heavy atom. The van der Waals surface area contributed by atoms with Crippen molar-refractivity contribution >= 4 is 13.3 Å². The maximum Gasteiger partial charge on any atom is 0.139 e. The van der Waals surface area contributed by atoms with Crippen LogP contribution in [0.4, 0.5) is 0 Å². The van der Waals surface area contributed by atoms with E-state index < -0.39 is 0 Å². The third-order valence-electron chi connectivity index (χ3n) is 1.79. The minimum atomic E-state index is 0.739. The highest BCUT2D eigenvalue weighted by molar-refractivity contribution is 6.33. The van der Waals surface area contributed by atoms with Crippen molar-refractivity contribution in [2.45, 2.75) is 13.8 Å². The van der Waals surface area contributed by atoms with Crippen LogP contribution in [0.5, 0.6) is 5.75 Å². The summed E-state index contributed by atoms with van der Waals surface area (Å²) >= 11 is 0. The van der Waals surface area contributed by atoms with Gasteiger partial charge in [-0.3, -0.25) is 0 Å². The largest absolute Gasteiger partial charge is 0.494 e. The van der Waals surface area contributed by atoms with E-state index in [9.17, 15) is 0 Å². The second-order valence-corrected chi connectivity index (χ2v) is 2.68. The van der Waals surface area contributed by atoms with Crippen LogP contribution >= 0.6 is 0 Å². The van der Waals surface area contributed by atoms with Gasteiger partial charge in [0.15, 0.2) is 0 Å². The van der Waals surface area contributed by atoms with Gasteiger partial charge < -0.3 is 4.74 Å². The molecule has 0 aliphatic carbocycles. The Kier molecular flexibility index (Phi) is 2.58. The Morgan fingerprint density at radius 3 is 2.73 bits per heavy atom. The van der Waals surface area contributed by atoms with Crippen LogP contribution in [0.1, 0.15) is 12.5 Å². The third kappa shape index (κ3) is 2.00. The maximum atomic E-state index is 5.34. The van der Waals surface area contributed by atoms with Crippen LogP contribution < -0.4 is 10.2 Å². The SMILES string of the molecule is Bc1ccc(OCC)cc1C. The first-order valence-corrected chi connectivity index (χ1v) is 3.94. The van der Waals surface area contributed by atoms with Crippen molar-refractivity contribution in [1.82, 2.24) is 0 Å². The number of hydrogen-bond acceptors (Lipinski definition) is 1. The van der Waals surface area contributed by atoms with Crippen LogP contribution in [0, 0.1) is 6.92 Å². The summed E-state index contributed by atoms with van der Waals surface area (Å²) in [5.74, 6) is 0.968. The van der Waals surface area contributed by atoms with E-state index in [4.69, 9.17) is 4.74 Å². The third-order valence-corrected chi connectivity index (χ3v) is 1.79. The van der Waals surface area contributed by atoms with E-state index >= 15 is 0 Å². The summed E-state index contributed by atoms with van der Waals surface area (Å²) < 4.78 is 5.34. The van der Waals surface area contributed by atoms with E-state index in [1.165, 1.54) is 11.0 Å². The van der Waals surface area contributed by atoms with Crippen LogP contribution in [0.3, 0.4) is 0 Å². The second-order valence-electron chi connectivity index (χ2n) is 2.68. The van der Waals surface area contributed by atoms with Gasteiger partial charge in [0.1, 0.15) is 13.6 Å². The standard InChI is InChI=1S/C9H13BO/c1-3-11-8-4-5-9(10)7(2)6-8/h4-6H,3,10H2,1-2H3. The molecule has 0 saturated heterocycles. The Labute approximate surface area is 68.8 Å². The summed E-state index contributed by atoms with van der Waals surface area (Å²) in [6, 6.07) is 6.16. The zero-order valence-electron chi connectivity index (χ0n) is 7.35. The Balaban J connectivity index is 2.86. The van der Waals surface area contributed by atoms with E-state index in [2.05, 4.69) is 26.9 Å². The van der Waals surface area contributed by atoms with E-state index in [-0.39, 0.29) is 0 Å². The predicted molar refractivity (Wildman–Crippen MR) is 50.5 cm³/mol. The lowest BCUT2D eigenvalue weighted by molar-refractivity contribution is 0.340. The van der Waals surface area contributed by atoms with Gasteiger partial charge in [0.2, 0.25) is 0 Å². The zero-order valence-corrected chi connectivity index (χ0v) is 7.35. The lowest BCUT2D eigenvalue weighted by Gasteiger charge is -2.05. The molecule has 0 radical (unpaired) electrons. The molecule has 1 aromatic rings. The van der Waals surface area contributed by atoms with Crippen LogP contribution in [-0.2, 0) is 0 Å². The monoisotopic (exact) mass is 148 g/mol. The normalized spacial score (nSPS) is 9.64. The molecule has 0 spiro atoms. The molecule has 0 aliphatic rings. The summed E-state index contributed by atoms with van der Waals surface area (Å²) in [5.41, 5.74) is 2.60. The number of ether oxygens (including phenoxy) is 1. The maximum absolute atomic E-state index is 5.34. The number of aryl methyl sites for hydroxylation is 1. The van der Waals surface area contributed by atoms with Crippen molar-refractivity contribution in [1.29, 1.82) is 0 Å². The van der Waals surface area contributed by atoms with Gasteiger partial charge in [-0.1, -0.05) is 17.1 Å². The van der Waals surface area contributed by atoms with Gasteiger partial charge in [0, 0.05) is 0 Å². The van der Waals surface area contributed by atoms with Crippen LogP contribution in [0.2, 0.25) is 0 Å². The smallest absolute Gasteiger partial charge is 0.139 e. The Morgan fingerprint density at radius 1 is 1.45 bits per heavy atom. The molecular formula is C9H13BO. The first-order chi connectivity index (χ1) is 5.24. The van der Waals surface area contributed by atoms with Crippen molar-refractivity contribution in [2.24, 2.45) is 0 Å². The van der Waals surface area contributed by atoms with Crippen molar-refractivity contribution in [3.05, 3.63) is 23.8 Å². The fourth-order valence-electron chi connectivity index (χ4n) is 0.970. The van der Waals surface area contributed by atoms with Crippen molar-refractivity contribution < 1.29 is 4.74 Å². The van der Waals surface area contributed by atoms with Crippen LogP contribution in [-0.4, -0.2) is 14.5 Å². The van der Waals surface area contributed by atoms with E-state index in [0.717, 1.165) is 12.4 Å². The molecule has 58 valence electrons. The quantitative estimate of drug-likeness (QED) is 0.559. The van der Waals surface area contributed by atoms with Gasteiger partial charge in [-0.15, -0.1) is 0 Å². The summed E-state index contributed by atoms with van der Waals surface area (Å²) in [6.07, 6.45) is 0. The fraction of sp³-hybridized carbons (Fsp3) is 0.333. The van der Waals surface area contributed by atoms with E-state index in [1.807, 2.05) is 13.0 Å². The number of hydrogen-bond donors (Lipinski definition) is 0. The molecule has 0 fully saturated rings. The molecular weight excluding hydrogens is 135 g/mol. The van der Waals surface area contributed by atoms with Gasteiger partial charge in [0.25, 0.3) is 0 Å². The van der Waals surface area contributed by atoms with Gasteiger partial charge in [-0.2, -0.15) is 0 Å². The lowest BCUT2D eigenvalue weighted by Crippen LogP contribution is -2.06. The van der Waals surface area contributed by atoms with Crippen molar-refractivity contribution in [3.8, 4) is 5.75 Å². The van der Waals surface area contributed by atoms with E-state index in [1.54, 1.807) is 0 Å². The van der Waals surface area contributed by atoms with E-state index in [0.29, 0.717) is 0 Å². The molecule has 0 unspecified atom stereocenters. The molecule has 1 nitrogen and oxygen atoms in total. The van der Waals surface area contributed by atoms with Gasteiger partial charge >= 0.3 is 0 Å². The molecule has 0 amide bonds. The number of benzene rings is 1. The summed E-state index contributed by atoms with van der Waals surface area (Å²) in [5, 5.41) is 0. The topological polar surface area (TPSA) is 9.23 Å². The zero-order chi connectivity index (χ0) is 8.27. The first kappa shape index (κ1) is 8.18. The minimum absolute atomic E-state index is 0.739. The summed E-state index contributed by atoms with van der Waals surface area (Å²) in [7, 11) is 2.10. The molecule has 1 aromatic carbocycles. The fourth-order valence-corrected chi connectivity index (χ4v) is 0.970. The molecule has 11 heavy (non-hydrogen) atoms. The highest BCUT2D eigenvalue weighted by Crippen LogP contribution is 2.09. The van der Waals surface area contributed by atoms with Gasteiger partial charge in [-0.25, -0.2) is 0 Å². The molecule has 0 heterocycles. The average molecular weight is 148 g/mol. The molecule has 0 bridgehead atoms.